The predicted octanol–water partition coefficient (Wildman–Crippen LogP) is 11.6. The molecular formula is C48H30N6O. The number of hydrogen-bond donors (Lipinski definition) is 0. The van der Waals surface area contributed by atoms with E-state index in [4.69, 9.17) is 34.3 Å². The van der Waals surface area contributed by atoms with Crippen LogP contribution in [0.2, 0.25) is 0 Å². The summed E-state index contributed by atoms with van der Waals surface area (Å²) in [5.41, 5.74) is 8.57. The quantitative estimate of drug-likeness (QED) is 0.163. The Balaban J connectivity index is 1.25. The van der Waals surface area contributed by atoms with Crippen LogP contribution in [0.1, 0.15) is 0 Å². The van der Waals surface area contributed by atoms with E-state index in [2.05, 4.69) is 42.5 Å². The number of nitrogens with zero attached hydrogens (tertiary/aromatic N) is 6. The topological polar surface area (TPSA) is 90.5 Å². The molecule has 0 aliphatic heterocycles. The van der Waals surface area contributed by atoms with Crippen molar-refractivity contribution in [1.29, 1.82) is 0 Å². The fourth-order valence-corrected chi connectivity index (χ4v) is 6.93. The number of para-hydroxylation sites is 2. The lowest BCUT2D eigenvalue weighted by molar-refractivity contribution is 0.670. The molecule has 0 radical (unpaired) electrons. The summed E-state index contributed by atoms with van der Waals surface area (Å²) in [7, 11) is 0. The van der Waals surface area contributed by atoms with Crippen LogP contribution >= 0.6 is 0 Å². The highest BCUT2D eigenvalue weighted by atomic mass is 16.3. The molecule has 10 rings (SSSR count). The number of hydrogen-bond acceptors (Lipinski definition) is 7. The van der Waals surface area contributed by atoms with Gasteiger partial charge in [0.05, 0.1) is 0 Å². The maximum atomic E-state index is 6.57. The predicted molar refractivity (Wildman–Crippen MR) is 219 cm³/mol. The van der Waals surface area contributed by atoms with Crippen molar-refractivity contribution in [3.8, 4) is 79.5 Å². The molecule has 0 bridgehead atoms. The molecule has 0 unspecified atom stereocenters. The van der Waals surface area contributed by atoms with Gasteiger partial charge in [0, 0.05) is 49.7 Å². The Labute approximate surface area is 316 Å². The van der Waals surface area contributed by atoms with E-state index in [9.17, 15) is 0 Å². The second-order valence-corrected chi connectivity index (χ2v) is 13.1. The number of furan rings is 1. The van der Waals surface area contributed by atoms with Crippen LogP contribution in [-0.2, 0) is 0 Å². The first kappa shape index (κ1) is 32.0. The van der Waals surface area contributed by atoms with Crippen molar-refractivity contribution in [2.75, 3.05) is 0 Å². The van der Waals surface area contributed by atoms with Crippen molar-refractivity contribution in [2.45, 2.75) is 0 Å². The van der Waals surface area contributed by atoms with Gasteiger partial charge in [-0.3, -0.25) is 0 Å². The Bertz CT molecular complexity index is 2850. The zero-order valence-electron chi connectivity index (χ0n) is 29.4. The van der Waals surface area contributed by atoms with Crippen LogP contribution in [0.3, 0.4) is 0 Å². The Morgan fingerprint density at radius 3 is 1.20 bits per heavy atom. The maximum Gasteiger partial charge on any atom is 0.164 e. The molecule has 3 aromatic heterocycles. The molecule has 3 heterocycles. The number of fused-ring (bicyclic) bond motifs is 3. The third-order valence-electron chi connectivity index (χ3n) is 9.61. The fourth-order valence-electron chi connectivity index (χ4n) is 6.93. The minimum absolute atomic E-state index is 0.512. The minimum Gasteiger partial charge on any atom is -0.455 e. The molecule has 0 aliphatic rings. The molecule has 55 heavy (non-hydrogen) atoms. The standard InChI is InChI=1S/C48H30N6O/c1-5-16-31(17-6-1)43-49-44(32-18-7-2-8-19-32)52-47(51-43)35-28-29-36(38-25-15-26-39-37-24-13-14-27-41(37)55-42(38)39)40(30-35)48-53-45(33-20-9-3-10-21-33)50-46(54-48)34-22-11-4-12-23-34/h1-30H. The summed E-state index contributed by atoms with van der Waals surface area (Å²) in [5.74, 6) is 3.35. The zero-order valence-corrected chi connectivity index (χ0v) is 29.4. The van der Waals surface area contributed by atoms with Gasteiger partial charge in [-0.1, -0.05) is 170 Å². The summed E-state index contributed by atoms with van der Waals surface area (Å²) in [5, 5.41) is 2.09. The van der Waals surface area contributed by atoms with Crippen LogP contribution in [0, 0.1) is 0 Å². The molecule has 7 heteroatoms. The number of rotatable bonds is 7. The van der Waals surface area contributed by atoms with Gasteiger partial charge in [0.15, 0.2) is 34.9 Å². The lowest BCUT2D eigenvalue weighted by Gasteiger charge is -2.14. The first-order chi connectivity index (χ1) is 27.2. The Kier molecular flexibility index (Phi) is 8.00. The third kappa shape index (κ3) is 6.09. The lowest BCUT2D eigenvalue weighted by Crippen LogP contribution is -2.03. The first-order valence-corrected chi connectivity index (χ1v) is 18.0. The van der Waals surface area contributed by atoms with Gasteiger partial charge in [0.2, 0.25) is 0 Å². The summed E-state index contributed by atoms with van der Waals surface area (Å²) >= 11 is 0. The highest BCUT2D eigenvalue weighted by molar-refractivity contribution is 6.10. The van der Waals surface area contributed by atoms with Crippen LogP contribution in [0.25, 0.3) is 101 Å². The van der Waals surface area contributed by atoms with Gasteiger partial charge in [-0.2, -0.15) is 0 Å². The second-order valence-electron chi connectivity index (χ2n) is 13.1. The molecule has 0 saturated carbocycles. The molecule has 258 valence electrons. The Morgan fingerprint density at radius 1 is 0.273 bits per heavy atom. The third-order valence-corrected chi connectivity index (χ3v) is 9.61. The molecule has 0 N–H and O–H groups in total. The molecule has 0 spiro atoms. The largest absolute Gasteiger partial charge is 0.455 e. The van der Waals surface area contributed by atoms with E-state index >= 15 is 0 Å². The van der Waals surface area contributed by atoms with Crippen molar-refractivity contribution in [3.05, 3.63) is 182 Å². The molecule has 7 nitrogen and oxygen atoms in total. The number of aromatic nitrogens is 6. The van der Waals surface area contributed by atoms with E-state index in [0.717, 1.165) is 66.4 Å². The summed E-state index contributed by atoms with van der Waals surface area (Å²) in [6.45, 7) is 0. The Morgan fingerprint density at radius 2 is 0.691 bits per heavy atom. The van der Waals surface area contributed by atoms with Crippen LogP contribution in [0.4, 0.5) is 0 Å². The smallest absolute Gasteiger partial charge is 0.164 e. The van der Waals surface area contributed by atoms with E-state index in [1.54, 1.807) is 0 Å². The molecule has 0 fully saturated rings. The highest BCUT2D eigenvalue weighted by Crippen LogP contribution is 2.41. The van der Waals surface area contributed by atoms with E-state index < -0.39 is 0 Å². The highest BCUT2D eigenvalue weighted by Gasteiger charge is 2.21. The summed E-state index contributed by atoms with van der Waals surface area (Å²) in [6, 6.07) is 60.6. The molecule has 0 amide bonds. The van der Waals surface area contributed by atoms with Gasteiger partial charge < -0.3 is 4.42 Å². The number of benzene rings is 7. The first-order valence-electron chi connectivity index (χ1n) is 18.0. The molecule has 0 saturated heterocycles. The van der Waals surface area contributed by atoms with E-state index in [1.165, 1.54) is 0 Å². The summed E-state index contributed by atoms with van der Waals surface area (Å²) < 4.78 is 6.57. The molecule has 0 atom stereocenters. The molecule has 10 aromatic rings. The van der Waals surface area contributed by atoms with Crippen LogP contribution < -0.4 is 0 Å². The van der Waals surface area contributed by atoms with Crippen molar-refractivity contribution in [1.82, 2.24) is 29.9 Å². The molecule has 0 aliphatic carbocycles. The van der Waals surface area contributed by atoms with Crippen LogP contribution in [-0.4, -0.2) is 29.9 Å². The monoisotopic (exact) mass is 706 g/mol. The van der Waals surface area contributed by atoms with Gasteiger partial charge in [-0.05, 0) is 17.7 Å². The van der Waals surface area contributed by atoms with Crippen molar-refractivity contribution >= 4 is 21.9 Å². The van der Waals surface area contributed by atoms with E-state index in [0.29, 0.717) is 34.9 Å². The molecular weight excluding hydrogens is 677 g/mol. The zero-order chi connectivity index (χ0) is 36.6. The lowest BCUT2D eigenvalue weighted by atomic mass is 9.95. The summed E-state index contributed by atoms with van der Waals surface area (Å²) in [6.07, 6.45) is 0. The summed E-state index contributed by atoms with van der Waals surface area (Å²) in [4.78, 5) is 30.3. The van der Waals surface area contributed by atoms with Gasteiger partial charge in [-0.15, -0.1) is 0 Å². The van der Waals surface area contributed by atoms with Crippen LogP contribution in [0.5, 0.6) is 0 Å². The van der Waals surface area contributed by atoms with Crippen molar-refractivity contribution in [2.24, 2.45) is 0 Å². The minimum atomic E-state index is 0.512. The van der Waals surface area contributed by atoms with Gasteiger partial charge in [0.1, 0.15) is 11.2 Å². The SMILES string of the molecule is c1ccc(-c2nc(-c3ccccc3)nc(-c3ccc(-c4cccc5c4oc4ccccc45)c(-c4nc(-c5ccccc5)nc(-c5ccccc5)n4)c3)n2)cc1. The normalized spacial score (nSPS) is 11.3. The fraction of sp³-hybridized carbons (Fsp3) is 0. The maximum absolute atomic E-state index is 6.57. The van der Waals surface area contributed by atoms with Crippen LogP contribution in [0.15, 0.2) is 186 Å². The molecule has 7 aromatic carbocycles. The van der Waals surface area contributed by atoms with E-state index in [-0.39, 0.29) is 0 Å². The van der Waals surface area contributed by atoms with Crippen molar-refractivity contribution < 1.29 is 4.42 Å². The van der Waals surface area contributed by atoms with E-state index in [1.807, 2.05) is 140 Å². The van der Waals surface area contributed by atoms with Gasteiger partial charge in [0.25, 0.3) is 0 Å². The Hall–Kier alpha value is -7.64. The second kappa shape index (κ2) is 13.7. The average molecular weight is 707 g/mol. The van der Waals surface area contributed by atoms with Gasteiger partial charge in [-0.25, -0.2) is 29.9 Å². The van der Waals surface area contributed by atoms with Gasteiger partial charge >= 0.3 is 0 Å². The van der Waals surface area contributed by atoms with Crippen molar-refractivity contribution in [3.63, 3.8) is 0 Å². The average Bonchev–Trinajstić information content (AvgIpc) is 3.66.